The average Bonchev–Trinajstić information content (AvgIpc) is 2.37. The fourth-order valence-corrected chi connectivity index (χ4v) is 1.92. The van der Waals surface area contributed by atoms with Crippen molar-refractivity contribution in [1.82, 2.24) is 9.97 Å². The summed E-state index contributed by atoms with van der Waals surface area (Å²) in [5.41, 5.74) is 2.46. The summed E-state index contributed by atoms with van der Waals surface area (Å²) in [7, 11) is 0. The molecule has 0 aliphatic rings. The Morgan fingerprint density at radius 1 is 1.33 bits per heavy atom. The highest BCUT2D eigenvalue weighted by atomic mass is 79.9. The smallest absolute Gasteiger partial charge is 0.142 e. The maximum Gasteiger partial charge on any atom is 0.142 e. The van der Waals surface area contributed by atoms with Crippen LogP contribution in [0.4, 0.5) is 4.39 Å². The number of ether oxygens (including phenoxy) is 1. The highest BCUT2D eigenvalue weighted by molar-refractivity contribution is 9.08. The van der Waals surface area contributed by atoms with E-state index >= 15 is 0 Å². The van der Waals surface area contributed by atoms with Gasteiger partial charge in [0.1, 0.15) is 18.2 Å². The van der Waals surface area contributed by atoms with Gasteiger partial charge < -0.3 is 4.74 Å². The van der Waals surface area contributed by atoms with Crippen molar-refractivity contribution in [1.29, 1.82) is 0 Å². The molecule has 0 bridgehead atoms. The van der Waals surface area contributed by atoms with Crippen molar-refractivity contribution in [3.8, 4) is 5.75 Å². The molecular formula is C13H12BrFN2O. The Bertz CT molecular complexity index is 548. The van der Waals surface area contributed by atoms with Crippen molar-refractivity contribution in [2.75, 3.05) is 0 Å². The minimum atomic E-state index is -0.362. The SMILES string of the molecule is Cc1ccc(OCc2cncc(F)c2)c(CBr)n1. The molecule has 3 nitrogen and oxygen atoms in total. The van der Waals surface area contributed by atoms with Crippen LogP contribution in [0.15, 0.2) is 30.6 Å². The van der Waals surface area contributed by atoms with E-state index in [1.165, 1.54) is 12.3 Å². The first-order chi connectivity index (χ1) is 8.69. The normalized spacial score (nSPS) is 10.4. The Balaban J connectivity index is 2.10. The predicted octanol–water partition coefficient (Wildman–Crippen LogP) is 3.40. The zero-order chi connectivity index (χ0) is 13.0. The van der Waals surface area contributed by atoms with Gasteiger partial charge in [0.2, 0.25) is 0 Å². The lowest BCUT2D eigenvalue weighted by Crippen LogP contribution is -2.01. The first-order valence-corrected chi connectivity index (χ1v) is 6.56. The number of pyridine rings is 2. The van der Waals surface area contributed by atoms with Gasteiger partial charge in [-0.25, -0.2) is 4.39 Å². The molecule has 2 heterocycles. The van der Waals surface area contributed by atoms with Crippen LogP contribution in [-0.4, -0.2) is 9.97 Å². The highest BCUT2D eigenvalue weighted by Crippen LogP contribution is 2.20. The molecule has 0 fully saturated rings. The number of rotatable bonds is 4. The summed E-state index contributed by atoms with van der Waals surface area (Å²) in [6.07, 6.45) is 2.75. The monoisotopic (exact) mass is 310 g/mol. The van der Waals surface area contributed by atoms with Gasteiger partial charge in [-0.15, -0.1) is 0 Å². The first-order valence-electron chi connectivity index (χ1n) is 5.44. The minimum absolute atomic E-state index is 0.273. The van der Waals surface area contributed by atoms with E-state index in [0.29, 0.717) is 16.6 Å². The summed E-state index contributed by atoms with van der Waals surface area (Å²) in [5, 5.41) is 0.616. The van der Waals surface area contributed by atoms with Crippen molar-refractivity contribution in [3.05, 3.63) is 53.4 Å². The van der Waals surface area contributed by atoms with Crippen molar-refractivity contribution in [3.63, 3.8) is 0 Å². The lowest BCUT2D eigenvalue weighted by molar-refractivity contribution is 0.301. The molecule has 0 saturated heterocycles. The second kappa shape index (κ2) is 5.91. The Labute approximate surface area is 113 Å². The largest absolute Gasteiger partial charge is 0.487 e. The Hall–Kier alpha value is -1.49. The first kappa shape index (κ1) is 13.0. The maximum atomic E-state index is 13.0. The molecule has 0 spiro atoms. The van der Waals surface area contributed by atoms with E-state index in [-0.39, 0.29) is 12.4 Å². The van der Waals surface area contributed by atoms with Gasteiger partial charge in [-0.05, 0) is 25.1 Å². The third-order valence-corrected chi connectivity index (χ3v) is 2.89. The summed E-state index contributed by atoms with van der Waals surface area (Å²) < 4.78 is 18.6. The van der Waals surface area contributed by atoms with Crippen molar-refractivity contribution in [2.24, 2.45) is 0 Å². The minimum Gasteiger partial charge on any atom is -0.487 e. The molecule has 2 aromatic heterocycles. The van der Waals surface area contributed by atoms with E-state index in [1.54, 1.807) is 6.20 Å². The van der Waals surface area contributed by atoms with Crippen molar-refractivity contribution < 1.29 is 9.13 Å². The molecule has 0 saturated carbocycles. The Morgan fingerprint density at radius 2 is 2.17 bits per heavy atom. The summed E-state index contributed by atoms with van der Waals surface area (Å²) in [4.78, 5) is 8.13. The zero-order valence-electron chi connectivity index (χ0n) is 9.86. The lowest BCUT2D eigenvalue weighted by Gasteiger charge is -2.09. The van der Waals surface area contributed by atoms with Gasteiger partial charge in [0, 0.05) is 22.8 Å². The fraction of sp³-hybridized carbons (Fsp3) is 0.231. The number of aromatic nitrogens is 2. The molecule has 0 aliphatic carbocycles. The Kier molecular flexibility index (Phi) is 4.25. The van der Waals surface area contributed by atoms with E-state index < -0.39 is 0 Å². The molecule has 0 aliphatic heterocycles. The van der Waals surface area contributed by atoms with Gasteiger partial charge in [0.15, 0.2) is 0 Å². The molecule has 18 heavy (non-hydrogen) atoms. The average molecular weight is 311 g/mol. The van der Waals surface area contributed by atoms with Crippen molar-refractivity contribution >= 4 is 15.9 Å². The van der Waals surface area contributed by atoms with Crippen LogP contribution in [0.2, 0.25) is 0 Å². The Morgan fingerprint density at radius 3 is 2.89 bits per heavy atom. The molecule has 0 radical (unpaired) electrons. The van der Waals surface area contributed by atoms with Crippen LogP contribution in [0.5, 0.6) is 5.75 Å². The van der Waals surface area contributed by atoms with E-state index in [1.807, 2.05) is 19.1 Å². The van der Waals surface area contributed by atoms with Gasteiger partial charge in [-0.1, -0.05) is 15.9 Å². The number of halogens is 2. The van der Waals surface area contributed by atoms with Gasteiger partial charge in [0.25, 0.3) is 0 Å². The molecule has 0 N–H and O–H groups in total. The lowest BCUT2D eigenvalue weighted by atomic mass is 10.3. The molecule has 0 aromatic carbocycles. The standard InChI is InChI=1S/C13H12BrFN2O/c1-9-2-3-13(12(5-14)17-9)18-8-10-4-11(15)7-16-6-10/h2-4,6-7H,5,8H2,1H3. The third-order valence-electron chi connectivity index (χ3n) is 2.35. The van der Waals surface area contributed by atoms with Crippen molar-refractivity contribution in [2.45, 2.75) is 18.9 Å². The summed E-state index contributed by atoms with van der Waals surface area (Å²) >= 11 is 3.37. The van der Waals surface area contributed by atoms with Gasteiger partial charge in [-0.2, -0.15) is 0 Å². The molecule has 2 aromatic rings. The van der Waals surface area contributed by atoms with Crippen LogP contribution in [0, 0.1) is 12.7 Å². The number of aryl methyl sites for hydroxylation is 1. The molecule has 0 unspecified atom stereocenters. The third kappa shape index (κ3) is 3.26. The molecule has 2 rings (SSSR count). The predicted molar refractivity (Wildman–Crippen MR) is 70.1 cm³/mol. The summed E-state index contributed by atoms with van der Waals surface area (Å²) in [6.45, 7) is 2.20. The number of hydrogen-bond acceptors (Lipinski definition) is 3. The number of nitrogens with zero attached hydrogens (tertiary/aromatic N) is 2. The van der Waals surface area contributed by atoms with Crippen LogP contribution >= 0.6 is 15.9 Å². The van der Waals surface area contributed by atoms with E-state index in [0.717, 1.165) is 11.4 Å². The zero-order valence-corrected chi connectivity index (χ0v) is 11.4. The molecule has 5 heteroatoms. The summed E-state index contributed by atoms with van der Waals surface area (Å²) in [6, 6.07) is 5.15. The van der Waals surface area contributed by atoms with Gasteiger partial charge in [0.05, 0.1) is 11.9 Å². The second-order valence-electron chi connectivity index (χ2n) is 3.83. The summed E-state index contributed by atoms with van der Waals surface area (Å²) in [5.74, 6) is 0.334. The molecule has 0 atom stereocenters. The second-order valence-corrected chi connectivity index (χ2v) is 4.39. The topological polar surface area (TPSA) is 35.0 Å². The van der Waals surface area contributed by atoms with E-state index in [2.05, 4.69) is 25.9 Å². The van der Waals surface area contributed by atoms with Gasteiger partial charge in [-0.3, -0.25) is 9.97 Å². The number of alkyl halides is 1. The highest BCUT2D eigenvalue weighted by Gasteiger charge is 2.05. The molecular weight excluding hydrogens is 299 g/mol. The maximum absolute atomic E-state index is 13.0. The van der Waals surface area contributed by atoms with Crippen LogP contribution in [0.1, 0.15) is 17.0 Å². The quantitative estimate of drug-likeness (QED) is 0.812. The number of hydrogen-bond donors (Lipinski definition) is 0. The van der Waals surface area contributed by atoms with E-state index in [4.69, 9.17) is 4.74 Å². The van der Waals surface area contributed by atoms with Crippen LogP contribution in [-0.2, 0) is 11.9 Å². The van der Waals surface area contributed by atoms with Crippen LogP contribution in [0.25, 0.3) is 0 Å². The fourth-order valence-electron chi connectivity index (χ4n) is 1.52. The van der Waals surface area contributed by atoms with Crippen LogP contribution < -0.4 is 4.74 Å². The van der Waals surface area contributed by atoms with Gasteiger partial charge >= 0.3 is 0 Å². The molecule has 0 amide bonds. The van der Waals surface area contributed by atoms with Crippen LogP contribution in [0.3, 0.4) is 0 Å². The molecule has 94 valence electrons. The van der Waals surface area contributed by atoms with E-state index in [9.17, 15) is 4.39 Å².